The summed E-state index contributed by atoms with van der Waals surface area (Å²) in [5, 5.41) is 13.1. The van der Waals surface area contributed by atoms with Crippen molar-refractivity contribution < 1.29 is 9.59 Å². The second-order valence-electron chi connectivity index (χ2n) is 7.51. The van der Waals surface area contributed by atoms with Gasteiger partial charge in [0.15, 0.2) is 0 Å². The smallest absolute Gasteiger partial charge is 0.269 e. The van der Waals surface area contributed by atoms with Crippen LogP contribution in [0, 0.1) is 18.3 Å². The number of benzene rings is 3. The Labute approximate surface area is 201 Å². The summed E-state index contributed by atoms with van der Waals surface area (Å²) >= 11 is 7.36. The second kappa shape index (κ2) is 9.95. The molecule has 1 atom stereocenters. The normalized spacial score (nSPS) is 16.9. The van der Waals surface area contributed by atoms with Crippen LogP contribution in [0.15, 0.2) is 89.5 Å². The highest BCUT2D eigenvalue weighted by atomic mass is 35.5. The maximum absolute atomic E-state index is 13.6. The van der Waals surface area contributed by atoms with Crippen molar-refractivity contribution in [2.45, 2.75) is 18.6 Å². The molecule has 3 aromatic rings. The van der Waals surface area contributed by atoms with Crippen LogP contribution in [-0.4, -0.2) is 17.1 Å². The number of carbonyl (C=O) groups is 2. The summed E-state index contributed by atoms with van der Waals surface area (Å²) in [6.07, 6.45) is 0.426. The SMILES string of the molecule is Cc1ccccc1N1C(=O)C(Cc2cccc(Cl)c2)SC1=C(C#N)C(=O)Nc1ccccc1. The minimum absolute atomic E-state index is 0.103. The molecule has 1 fully saturated rings. The molecule has 1 N–H and O–H groups in total. The number of nitriles is 1. The predicted octanol–water partition coefficient (Wildman–Crippen LogP) is 5.71. The van der Waals surface area contributed by atoms with Gasteiger partial charge in [-0.1, -0.05) is 71.9 Å². The molecule has 1 heterocycles. The Hall–Kier alpha value is -3.53. The van der Waals surface area contributed by atoms with E-state index in [-0.39, 0.29) is 11.5 Å². The third-order valence-electron chi connectivity index (χ3n) is 5.20. The van der Waals surface area contributed by atoms with E-state index in [0.29, 0.717) is 27.8 Å². The largest absolute Gasteiger partial charge is 0.321 e. The quantitative estimate of drug-likeness (QED) is 0.380. The first-order chi connectivity index (χ1) is 16.0. The minimum atomic E-state index is -0.555. The molecule has 1 aliphatic rings. The van der Waals surface area contributed by atoms with Crippen molar-refractivity contribution in [2.24, 2.45) is 0 Å². The van der Waals surface area contributed by atoms with Gasteiger partial charge in [-0.3, -0.25) is 14.5 Å². The summed E-state index contributed by atoms with van der Waals surface area (Å²) < 4.78 is 0. The minimum Gasteiger partial charge on any atom is -0.321 e. The lowest BCUT2D eigenvalue weighted by Gasteiger charge is -2.20. The van der Waals surface area contributed by atoms with Crippen molar-refractivity contribution in [1.82, 2.24) is 0 Å². The molecule has 0 radical (unpaired) electrons. The summed E-state index contributed by atoms with van der Waals surface area (Å²) in [4.78, 5) is 28.1. The first kappa shape index (κ1) is 22.7. The molecule has 164 valence electrons. The van der Waals surface area contributed by atoms with E-state index >= 15 is 0 Å². The molecule has 7 heteroatoms. The van der Waals surface area contributed by atoms with Crippen LogP contribution in [0.2, 0.25) is 5.02 Å². The van der Waals surface area contributed by atoms with Gasteiger partial charge in [0.1, 0.15) is 16.7 Å². The average Bonchev–Trinajstić information content (AvgIpc) is 3.11. The standard InChI is InChI=1S/C26H20ClN3O2S/c1-17-8-5-6-13-22(17)30-25(32)23(15-18-9-7-10-19(27)14-18)33-26(30)21(16-28)24(31)29-20-11-3-2-4-12-20/h2-14,23H,15H2,1H3,(H,29,31). The number of para-hydroxylation sites is 2. The van der Waals surface area contributed by atoms with Crippen LogP contribution in [0.5, 0.6) is 0 Å². The maximum atomic E-state index is 13.6. The zero-order chi connectivity index (χ0) is 23.4. The first-order valence-corrected chi connectivity index (χ1v) is 11.5. The van der Waals surface area contributed by atoms with Gasteiger partial charge >= 0.3 is 0 Å². The monoisotopic (exact) mass is 473 g/mol. The van der Waals surface area contributed by atoms with E-state index in [1.165, 1.54) is 16.7 Å². The topological polar surface area (TPSA) is 73.2 Å². The number of anilines is 2. The van der Waals surface area contributed by atoms with Gasteiger partial charge in [-0.15, -0.1) is 0 Å². The molecule has 33 heavy (non-hydrogen) atoms. The predicted molar refractivity (Wildman–Crippen MR) is 133 cm³/mol. The molecule has 1 unspecified atom stereocenters. The van der Waals surface area contributed by atoms with Crippen LogP contribution < -0.4 is 10.2 Å². The van der Waals surface area contributed by atoms with E-state index in [2.05, 4.69) is 5.32 Å². The highest BCUT2D eigenvalue weighted by Crippen LogP contribution is 2.43. The Bertz CT molecular complexity index is 1280. The maximum Gasteiger partial charge on any atom is 0.269 e. The Kier molecular flexibility index (Phi) is 6.83. The first-order valence-electron chi connectivity index (χ1n) is 10.3. The summed E-state index contributed by atoms with van der Waals surface area (Å²) in [7, 11) is 0. The number of amides is 2. The molecular formula is C26H20ClN3O2S. The molecule has 2 amide bonds. The van der Waals surface area contributed by atoms with E-state index in [4.69, 9.17) is 11.6 Å². The van der Waals surface area contributed by atoms with Gasteiger partial charge in [-0.05, 0) is 54.8 Å². The lowest BCUT2D eigenvalue weighted by Crippen LogP contribution is -2.31. The van der Waals surface area contributed by atoms with Crippen LogP contribution in [0.25, 0.3) is 0 Å². The summed E-state index contributed by atoms with van der Waals surface area (Å²) in [5.74, 6) is -0.731. The number of thioether (sulfide) groups is 1. The fraction of sp³-hybridized carbons (Fsp3) is 0.115. The van der Waals surface area contributed by atoms with Crippen LogP contribution >= 0.6 is 23.4 Å². The lowest BCUT2D eigenvalue weighted by molar-refractivity contribution is -0.117. The van der Waals surface area contributed by atoms with Gasteiger partial charge in [0.05, 0.1) is 10.9 Å². The molecule has 1 aliphatic heterocycles. The van der Waals surface area contributed by atoms with Crippen molar-refractivity contribution >= 4 is 46.6 Å². The van der Waals surface area contributed by atoms with Crippen molar-refractivity contribution in [3.8, 4) is 6.07 Å². The van der Waals surface area contributed by atoms with Crippen molar-refractivity contribution in [3.63, 3.8) is 0 Å². The molecule has 0 bridgehead atoms. The molecule has 5 nitrogen and oxygen atoms in total. The van der Waals surface area contributed by atoms with Gasteiger partial charge in [0.25, 0.3) is 5.91 Å². The van der Waals surface area contributed by atoms with Crippen molar-refractivity contribution in [2.75, 3.05) is 10.2 Å². The Morgan fingerprint density at radius 2 is 1.82 bits per heavy atom. The number of nitrogens with zero attached hydrogens (tertiary/aromatic N) is 2. The molecular weight excluding hydrogens is 454 g/mol. The molecule has 1 saturated heterocycles. The Morgan fingerprint density at radius 3 is 2.52 bits per heavy atom. The highest BCUT2D eigenvalue weighted by molar-refractivity contribution is 8.05. The van der Waals surface area contributed by atoms with Gasteiger partial charge in [-0.25, -0.2) is 0 Å². The number of carbonyl (C=O) groups excluding carboxylic acids is 2. The third-order valence-corrected chi connectivity index (χ3v) is 6.70. The Morgan fingerprint density at radius 1 is 1.09 bits per heavy atom. The average molecular weight is 474 g/mol. The van der Waals surface area contributed by atoms with E-state index in [9.17, 15) is 14.9 Å². The third kappa shape index (κ3) is 4.95. The molecule has 0 aliphatic carbocycles. The lowest BCUT2D eigenvalue weighted by atomic mass is 10.1. The van der Waals surface area contributed by atoms with Crippen molar-refractivity contribution in [3.05, 3.63) is 106 Å². The summed E-state index contributed by atoms with van der Waals surface area (Å²) in [6, 6.07) is 25.7. The molecule has 0 saturated carbocycles. The van der Waals surface area contributed by atoms with Gasteiger partial charge in [0, 0.05) is 10.7 Å². The number of rotatable bonds is 5. The van der Waals surface area contributed by atoms with Crippen LogP contribution in [0.4, 0.5) is 11.4 Å². The molecule has 3 aromatic carbocycles. The fourth-order valence-corrected chi connectivity index (χ4v) is 5.13. The summed E-state index contributed by atoms with van der Waals surface area (Å²) in [5.41, 5.74) is 2.90. The molecule has 4 rings (SSSR count). The number of nitrogens with one attached hydrogen (secondary N) is 1. The van der Waals surface area contributed by atoms with Crippen LogP contribution in [-0.2, 0) is 16.0 Å². The number of halogens is 1. The second-order valence-corrected chi connectivity index (χ2v) is 9.14. The van der Waals surface area contributed by atoms with Gasteiger partial charge in [0.2, 0.25) is 5.91 Å². The van der Waals surface area contributed by atoms with E-state index < -0.39 is 11.2 Å². The van der Waals surface area contributed by atoms with E-state index in [1.807, 2.05) is 61.5 Å². The van der Waals surface area contributed by atoms with Gasteiger partial charge in [-0.2, -0.15) is 5.26 Å². The van der Waals surface area contributed by atoms with Gasteiger partial charge < -0.3 is 5.32 Å². The zero-order valence-corrected chi connectivity index (χ0v) is 19.4. The fourth-order valence-electron chi connectivity index (χ4n) is 3.61. The van der Waals surface area contributed by atoms with Crippen LogP contribution in [0.3, 0.4) is 0 Å². The zero-order valence-electron chi connectivity index (χ0n) is 17.8. The van der Waals surface area contributed by atoms with E-state index in [0.717, 1.165) is 11.1 Å². The van der Waals surface area contributed by atoms with Crippen molar-refractivity contribution in [1.29, 1.82) is 5.26 Å². The number of hydrogen-bond donors (Lipinski definition) is 1. The van der Waals surface area contributed by atoms with E-state index in [1.54, 1.807) is 30.3 Å². The van der Waals surface area contributed by atoms with Crippen LogP contribution in [0.1, 0.15) is 11.1 Å². The molecule has 0 aromatic heterocycles. The number of aryl methyl sites for hydroxylation is 1. The Balaban J connectivity index is 1.75. The molecule has 0 spiro atoms. The summed E-state index contributed by atoms with van der Waals surface area (Å²) in [6.45, 7) is 1.89. The highest BCUT2D eigenvalue weighted by Gasteiger charge is 2.41. The number of hydrogen-bond acceptors (Lipinski definition) is 4.